The molecule has 108 valence electrons. The Bertz CT molecular complexity index is 604. The van der Waals surface area contributed by atoms with Crippen LogP contribution in [0.15, 0.2) is 24.3 Å². The highest BCUT2D eigenvalue weighted by molar-refractivity contribution is 5.76. The minimum absolute atomic E-state index is 0.337. The quantitative estimate of drug-likeness (QED) is 0.848. The Labute approximate surface area is 118 Å². The number of fused-ring (bicyclic) bond motifs is 1. The van der Waals surface area contributed by atoms with Gasteiger partial charge in [-0.05, 0) is 24.5 Å². The van der Waals surface area contributed by atoms with Gasteiger partial charge < -0.3 is 9.67 Å². The van der Waals surface area contributed by atoms with E-state index in [-0.39, 0.29) is 0 Å². The first-order chi connectivity index (χ1) is 9.49. The first-order valence-electron chi connectivity index (χ1n) is 6.85. The second-order valence-corrected chi connectivity index (χ2v) is 5.48. The molecule has 0 saturated carbocycles. The fourth-order valence-corrected chi connectivity index (χ4v) is 2.31. The molecule has 2 rings (SSSR count). The van der Waals surface area contributed by atoms with E-state index in [0.717, 1.165) is 16.9 Å². The van der Waals surface area contributed by atoms with Crippen molar-refractivity contribution in [2.75, 3.05) is 0 Å². The summed E-state index contributed by atoms with van der Waals surface area (Å²) in [5.74, 6) is 0.378. The van der Waals surface area contributed by atoms with E-state index in [1.165, 1.54) is 0 Å². The molecule has 0 unspecified atom stereocenters. The maximum Gasteiger partial charge on any atom is 0.320 e. The lowest BCUT2D eigenvalue weighted by Gasteiger charge is -2.16. The third-order valence-electron chi connectivity index (χ3n) is 3.39. The molecule has 1 aromatic carbocycles. The number of nitrogens with zero attached hydrogens (tertiary/aromatic N) is 2. The summed E-state index contributed by atoms with van der Waals surface area (Å²) in [5.41, 5.74) is 1.99. The van der Waals surface area contributed by atoms with Gasteiger partial charge in [0.25, 0.3) is 0 Å². The SMILES string of the molecule is CC(C)C[C@@H](NCc1nc2ccccc2n1C)C(=O)O. The molecule has 0 amide bonds. The molecule has 0 spiro atoms. The van der Waals surface area contributed by atoms with Crippen molar-refractivity contribution in [1.29, 1.82) is 0 Å². The first-order valence-corrected chi connectivity index (χ1v) is 6.85. The number of hydrogen-bond acceptors (Lipinski definition) is 3. The number of aromatic nitrogens is 2. The van der Waals surface area contributed by atoms with Gasteiger partial charge in [-0.25, -0.2) is 4.98 Å². The Morgan fingerprint density at radius 1 is 1.40 bits per heavy atom. The summed E-state index contributed by atoms with van der Waals surface area (Å²) in [6.45, 7) is 4.49. The number of imidazole rings is 1. The summed E-state index contributed by atoms with van der Waals surface area (Å²) in [6.07, 6.45) is 0.610. The number of benzene rings is 1. The second-order valence-electron chi connectivity index (χ2n) is 5.48. The molecule has 20 heavy (non-hydrogen) atoms. The van der Waals surface area contributed by atoms with Crippen molar-refractivity contribution in [1.82, 2.24) is 14.9 Å². The zero-order valence-electron chi connectivity index (χ0n) is 12.1. The fraction of sp³-hybridized carbons (Fsp3) is 0.467. The maximum absolute atomic E-state index is 11.2. The Morgan fingerprint density at radius 3 is 2.70 bits per heavy atom. The molecular weight excluding hydrogens is 254 g/mol. The Hall–Kier alpha value is -1.88. The number of carbonyl (C=O) groups is 1. The van der Waals surface area contributed by atoms with E-state index in [1.54, 1.807) is 0 Å². The third kappa shape index (κ3) is 3.17. The summed E-state index contributed by atoms with van der Waals surface area (Å²) >= 11 is 0. The number of nitrogens with one attached hydrogen (secondary N) is 1. The first kappa shape index (κ1) is 14.5. The molecule has 0 aliphatic heterocycles. The largest absolute Gasteiger partial charge is 0.480 e. The molecule has 2 N–H and O–H groups in total. The highest BCUT2D eigenvalue weighted by Crippen LogP contribution is 2.14. The summed E-state index contributed by atoms with van der Waals surface area (Å²) < 4.78 is 2.00. The number of para-hydroxylation sites is 2. The molecule has 0 radical (unpaired) electrons. The van der Waals surface area contributed by atoms with Crippen LogP contribution in [0, 0.1) is 5.92 Å². The van der Waals surface area contributed by atoms with Gasteiger partial charge in [0.05, 0.1) is 17.6 Å². The second kappa shape index (κ2) is 6.05. The Balaban J connectivity index is 2.11. The lowest BCUT2D eigenvalue weighted by atomic mass is 10.0. The molecule has 5 heteroatoms. The molecular formula is C15H21N3O2. The summed E-state index contributed by atoms with van der Waals surface area (Å²) in [7, 11) is 1.95. The number of carboxylic acid groups (broad SMARTS) is 1. The molecule has 1 atom stereocenters. The lowest BCUT2D eigenvalue weighted by molar-refractivity contribution is -0.140. The van der Waals surface area contributed by atoms with E-state index in [1.807, 2.05) is 49.7 Å². The van der Waals surface area contributed by atoms with Crippen molar-refractivity contribution in [3.8, 4) is 0 Å². The van der Waals surface area contributed by atoms with Crippen molar-refractivity contribution >= 4 is 17.0 Å². The number of rotatable bonds is 6. The normalized spacial score (nSPS) is 13.0. The number of aliphatic carboxylic acids is 1. The topological polar surface area (TPSA) is 67.2 Å². The lowest BCUT2D eigenvalue weighted by Crippen LogP contribution is -2.37. The van der Waals surface area contributed by atoms with Gasteiger partial charge in [0.1, 0.15) is 11.9 Å². The van der Waals surface area contributed by atoms with E-state index in [4.69, 9.17) is 0 Å². The van der Waals surface area contributed by atoms with Crippen LogP contribution in [-0.4, -0.2) is 26.7 Å². The van der Waals surface area contributed by atoms with Gasteiger partial charge in [-0.2, -0.15) is 0 Å². The predicted octanol–water partition coefficient (Wildman–Crippen LogP) is 2.16. The van der Waals surface area contributed by atoms with Crippen LogP contribution in [-0.2, 0) is 18.4 Å². The summed E-state index contributed by atoms with van der Waals surface area (Å²) in [6, 6.07) is 7.36. The van der Waals surface area contributed by atoms with Crippen molar-refractivity contribution in [2.24, 2.45) is 13.0 Å². The Morgan fingerprint density at radius 2 is 2.10 bits per heavy atom. The molecule has 1 aromatic heterocycles. The molecule has 2 aromatic rings. The smallest absolute Gasteiger partial charge is 0.320 e. The minimum atomic E-state index is -0.808. The standard InChI is InChI=1S/C15H21N3O2/c1-10(2)8-12(15(19)20)16-9-14-17-11-6-4-5-7-13(11)18(14)3/h4-7,10,12,16H,8-9H2,1-3H3,(H,19,20)/t12-/m1/s1. The molecule has 0 fully saturated rings. The van der Waals surface area contributed by atoms with Gasteiger partial charge in [-0.1, -0.05) is 26.0 Å². The van der Waals surface area contributed by atoms with Gasteiger partial charge in [-0.15, -0.1) is 0 Å². The van der Waals surface area contributed by atoms with Crippen LogP contribution in [0.4, 0.5) is 0 Å². The zero-order chi connectivity index (χ0) is 14.7. The van der Waals surface area contributed by atoms with E-state index in [2.05, 4.69) is 10.3 Å². The van der Waals surface area contributed by atoms with Crippen LogP contribution < -0.4 is 5.32 Å². The van der Waals surface area contributed by atoms with E-state index >= 15 is 0 Å². The van der Waals surface area contributed by atoms with E-state index in [0.29, 0.717) is 18.9 Å². The predicted molar refractivity (Wildman–Crippen MR) is 78.4 cm³/mol. The highest BCUT2D eigenvalue weighted by Gasteiger charge is 2.19. The highest BCUT2D eigenvalue weighted by atomic mass is 16.4. The van der Waals surface area contributed by atoms with Crippen LogP contribution in [0.1, 0.15) is 26.1 Å². The molecule has 1 heterocycles. The molecule has 0 aliphatic carbocycles. The monoisotopic (exact) mass is 275 g/mol. The molecule has 0 saturated heterocycles. The number of hydrogen-bond donors (Lipinski definition) is 2. The van der Waals surface area contributed by atoms with Crippen LogP contribution >= 0.6 is 0 Å². The fourth-order valence-electron chi connectivity index (χ4n) is 2.31. The number of carboxylic acids is 1. The minimum Gasteiger partial charge on any atom is -0.480 e. The van der Waals surface area contributed by atoms with Crippen LogP contribution in [0.5, 0.6) is 0 Å². The van der Waals surface area contributed by atoms with E-state index < -0.39 is 12.0 Å². The van der Waals surface area contributed by atoms with Crippen LogP contribution in [0.3, 0.4) is 0 Å². The van der Waals surface area contributed by atoms with Crippen molar-refractivity contribution in [3.05, 3.63) is 30.1 Å². The summed E-state index contributed by atoms with van der Waals surface area (Å²) in [5, 5.41) is 12.3. The number of aryl methyl sites for hydroxylation is 1. The van der Waals surface area contributed by atoms with E-state index in [9.17, 15) is 9.90 Å². The van der Waals surface area contributed by atoms with Gasteiger partial charge in [0, 0.05) is 7.05 Å². The van der Waals surface area contributed by atoms with Gasteiger partial charge in [0.15, 0.2) is 0 Å². The zero-order valence-corrected chi connectivity index (χ0v) is 12.1. The third-order valence-corrected chi connectivity index (χ3v) is 3.39. The van der Waals surface area contributed by atoms with Crippen molar-refractivity contribution in [3.63, 3.8) is 0 Å². The molecule has 0 bridgehead atoms. The Kier molecular flexibility index (Phi) is 4.39. The molecule has 0 aliphatic rings. The van der Waals surface area contributed by atoms with Crippen LogP contribution in [0.25, 0.3) is 11.0 Å². The van der Waals surface area contributed by atoms with Crippen molar-refractivity contribution in [2.45, 2.75) is 32.9 Å². The molecule has 5 nitrogen and oxygen atoms in total. The maximum atomic E-state index is 11.2. The van der Waals surface area contributed by atoms with Gasteiger partial charge >= 0.3 is 5.97 Å². The van der Waals surface area contributed by atoms with Gasteiger partial charge in [-0.3, -0.25) is 10.1 Å². The average molecular weight is 275 g/mol. The van der Waals surface area contributed by atoms with Crippen molar-refractivity contribution < 1.29 is 9.90 Å². The van der Waals surface area contributed by atoms with Crippen LogP contribution in [0.2, 0.25) is 0 Å². The van der Waals surface area contributed by atoms with Gasteiger partial charge in [0.2, 0.25) is 0 Å². The average Bonchev–Trinajstić information content (AvgIpc) is 2.71. The summed E-state index contributed by atoms with van der Waals surface area (Å²) in [4.78, 5) is 15.8.